The van der Waals surface area contributed by atoms with Gasteiger partial charge in [0.25, 0.3) is 23.6 Å². The van der Waals surface area contributed by atoms with Gasteiger partial charge in [0.2, 0.25) is 0 Å². The second-order valence-corrected chi connectivity index (χ2v) is 9.45. The van der Waals surface area contributed by atoms with Gasteiger partial charge in [0.1, 0.15) is 0 Å². The Morgan fingerprint density at radius 2 is 0.939 bits per heavy atom. The second-order valence-electron chi connectivity index (χ2n) is 7.75. The maximum atomic E-state index is 12.2. The van der Waals surface area contributed by atoms with E-state index < -0.39 is 0 Å². The molecule has 33 heavy (non-hydrogen) atoms. The van der Waals surface area contributed by atoms with Crippen LogP contribution in [0.5, 0.6) is 0 Å². The Balaban J connectivity index is 1.70. The van der Waals surface area contributed by atoms with Crippen LogP contribution in [0, 0.1) is 0 Å². The van der Waals surface area contributed by atoms with Crippen LogP contribution < -0.4 is 9.80 Å². The summed E-state index contributed by atoms with van der Waals surface area (Å²) in [5.74, 6) is -1.40. The summed E-state index contributed by atoms with van der Waals surface area (Å²) < 4.78 is 1.35. The molecule has 0 aromatic heterocycles. The molecule has 0 N–H and O–H groups in total. The van der Waals surface area contributed by atoms with E-state index in [4.69, 9.17) is 0 Å². The lowest BCUT2D eigenvalue weighted by molar-refractivity contribution is -0.121. The van der Waals surface area contributed by atoms with Gasteiger partial charge < -0.3 is 0 Å². The van der Waals surface area contributed by atoms with Crippen molar-refractivity contribution in [3.8, 4) is 0 Å². The molecule has 2 heterocycles. The van der Waals surface area contributed by atoms with Gasteiger partial charge in [-0.25, -0.2) is 9.80 Å². The third-order valence-corrected chi connectivity index (χ3v) is 6.85. The van der Waals surface area contributed by atoms with Gasteiger partial charge in [-0.2, -0.15) is 0 Å². The summed E-state index contributed by atoms with van der Waals surface area (Å²) in [5.41, 5.74) is 4.93. The molecule has 0 fully saturated rings. The standard InChI is InChI=1S/C25H20Br2N2O4/c1-3-16-10-14(12-18(26)24(16)28-20(30)5-6-21(28)31)9-15-11-17(4-2)25(19(27)13-15)29-22(32)7-8-23(29)33/h5-8,10-13H,3-4,9H2,1-2H3. The topological polar surface area (TPSA) is 74.8 Å². The molecule has 0 aliphatic carbocycles. The zero-order chi connectivity index (χ0) is 23.9. The molecular weight excluding hydrogens is 552 g/mol. The molecule has 4 rings (SSSR count). The van der Waals surface area contributed by atoms with E-state index in [-0.39, 0.29) is 23.6 Å². The number of benzene rings is 2. The molecule has 2 aliphatic heterocycles. The zero-order valence-electron chi connectivity index (χ0n) is 18.0. The van der Waals surface area contributed by atoms with Gasteiger partial charge in [0, 0.05) is 33.2 Å². The van der Waals surface area contributed by atoms with E-state index in [9.17, 15) is 19.2 Å². The van der Waals surface area contributed by atoms with Gasteiger partial charge in [0.15, 0.2) is 0 Å². The first-order chi connectivity index (χ1) is 15.7. The van der Waals surface area contributed by atoms with Gasteiger partial charge in [-0.1, -0.05) is 26.0 Å². The number of anilines is 2. The minimum absolute atomic E-state index is 0.351. The van der Waals surface area contributed by atoms with Crippen molar-refractivity contribution in [1.82, 2.24) is 0 Å². The molecule has 0 unspecified atom stereocenters. The second kappa shape index (κ2) is 9.19. The van der Waals surface area contributed by atoms with Crippen LogP contribution in [0.15, 0.2) is 57.5 Å². The Bertz CT molecular complexity index is 1150. The molecule has 0 atom stereocenters. The van der Waals surface area contributed by atoms with E-state index in [0.717, 1.165) is 22.3 Å². The lowest BCUT2D eigenvalue weighted by atomic mass is 9.97. The molecule has 0 radical (unpaired) electrons. The van der Waals surface area contributed by atoms with Crippen molar-refractivity contribution in [2.24, 2.45) is 0 Å². The van der Waals surface area contributed by atoms with E-state index in [2.05, 4.69) is 31.9 Å². The van der Waals surface area contributed by atoms with Crippen LogP contribution in [-0.2, 0) is 38.4 Å². The van der Waals surface area contributed by atoms with Crippen molar-refractivity contribution in [2.75, 3.05) is 9.80 Å². The number of aryl methyl sites for hydroxylation is 2. The van der Waals surface area contributed by atoms with E-state index in [1.807, 2.05) is 38.1 Å². The summed E-state index contributed by atoms with van der Waals surface area (Å²) in [6.07, 6.45) is 7.00. The largest absolute Gasteiger partial charge is 0.269 e. The lowest BCUT2D eigenvalue weighted by Gasteiger charge is -2.22. The van der Waals surface area contributed by atoms with Crippen LogP contribution in [-0.4, -0.2) is 23.6 Å². The monoisotopic (exact) mass is 570 g/mol. The molecule has 8 heteroatoms. The maximum absolute atomic E-state index is 12.2. The smallest absolute Gasteiger partial charge is 0.258 e. The normalized spacial score (nSPS) is 15.5. The average Bonchev–Trinajstić information content (AvgIpc) is 3.28. The number of carbonyl (C=O) groups excluding carboxylic acids is 4. The molecule has 2 aromatic carbocycles. The van der Waals surface area contributed by atoms with Gasteiger partial charge in [-0.15, -0.1) is 0 Å². The Labute approximate surface area is 208 Å². The van der Waals surface area contributed by atoms with E-state index in [1.165, 1.54) is 34.1 Å². The van der Waals surface area contributed by atoms with E-state index in [0.29, 0.717) is 39.6 Å². The highest BCUT2D eigenvalue weighted by Crippen LogP contribution is 2.37. The van der Waals surface area contributed by atoms with Crippen molar-refractivity contribution in [1.29, 1.82) is 0 Å². The quantitative estimate of drug-likeness (QED) is 0.467. The number of nitrogens with zero attached hydrogens (tertiary/aromatic N) is 2. The van der Waals surface area contributed by atoms with Crippen LogP contribution in [0.4, 0.5) is 11.4 Å². The highest BCUT2D eigenvalue weighted by Gasteiger charge is 2.30. The average molecular weight is 572 g/mol. The fourth-order valence-electron chi connectivity index (χ4n) is 4.16. The Morgan fingerprint density at radius 3 is 1.24 bits per heavy atom. The molecule has 0 spiro atoms. The van der Waals surface area contributed by atoms with Crippen molar-refractivity contribution in [3.05, 3.63) is 79.8 Å². The molecule has 0 saturated carbocycles. The summed E-state index contributed by atoms with van der Waals surface area (Å²) in [4.78, 5) is 51.2. The first-order valence-corrected chi connectivity index (χ1v) is 12.1. The third kappa shape index (κ3) is 4.25. The van der Waals surface area contributed by atoms with Crippen molar-refractivity contribution < 1.29 is 19.2 Å². The summed E-state index contributed by atoms with van der Waals surface area (Å²) in [7, 11) is 0. The Kier molecular flexibility index (Phi) is 6.50. The number of hydrogen-bond donors (Lipinski definition) is 0. The predicted molar refractivity (Wildman–Crippen MR) is 133 cm³/mol. The van der Waals surface area contributed by atoms with Gasteiger partial charge in [-0.3, -0.25) is 19.2 Å². The number of hydrogen-bond acceptors (Lipinski definition) is 4. The number of imide groups is 2. The molecule has 0 saturated heterocycles. The lowest BCUT2D eigenvalue weighted by Crippen LogP contribution is -2.31. The Morgan fingerprint density at radius 1 is 0.606 bits per heavy atom. The van der Waals surface area contributed by atoms with Gasteiger partial charge in [0.05, 0.1) is 11.4 Å². The fraction of sp³-hybridized carbons (Fsp3) is 0.200. The first kappa shape index (κ1) is 23.3. The van der Waals surface area contributed by atoms with Crippen LogP contribution in [0.25, 0.3) is 0 Å². The van der Waals surface area contributed by atoms with Crippen LogP contribution >= 0.6 is 31.9 Å². The SMILES string of the molecule is CCc1cc(Cc2cc(Br)c(N3C(=O)C=CC3=O)c(CC)c2)cc(Br)c1N1C(=O)C=CC1=O. The van der Waals surface area contributed by atoms with Crippen molar-refractivity contribution in [2.45, 2.75) is 33.1 Å². The molecule has 168 valence electrons. The van der Waals surface area contributed by atoms with E-state index >= 15 is 0 Å². The minimum Gasteiger partial charge on any atom is -0.269 e. The van der Waals surface area contributed by atoms with E-state index in [1.54, 1.807) is 0 Å². The maximum Gasteiger partial charge on any atom is 0.258 e. The molecule has 2 aromatic rings. The summed E-state index contributed by atoms with van der Waals surface area (Å²) >= 11 is 7.12. The molecule has 2 aliphatic rings. The Hall–Kier alpha value is -2.84. The van der Waals surface area contributed by atoms with Crippen molar-refractivity contribution in [3.63, 3.8) is 0 Å². The van der Waals surface area contributed by atoms with Crippen molar-refractivity contribution >= 4 is 66.9 Å². The third-order valence-electron chi connectivity index (χ3n) is 5.64. The zero-order valence-corrected chi connectivity index (χ0v) is 21.2. The number of amides is 4. The highest BCUT2D eigenvalue weighted by molar-refractivity contribution is 9.11. The number of carbonyl (C=O) groups is 4. The number of halogens is 2. The first-order valence-electron chi connectivity index (χ1n) is 10.5. The summed E-state index contributed by atoms with van der Waals surface area (Å²) in [6.45, 7) is 3.96. The summed E-state index contributed by atoms with van der Waals surface area (Å²) in [5, 5.41) is 0. The molecule has 4 amide bonds. The highest BCUT2D eigenvalue weighted by atomic mass is 79.9. The molecular formula is C25H20Br2N2O4. The van der Waals surface area contributed by atoms with Crippen LogP contribution in [0.2, 0.25) is 0 Å². The van der Waals surface area contributed by atoms with Crippen LogP contribution in [0.1, 0.15) is 36.1 Å². The van der Waals surface area contributed by atoms with Gasteiger partial charge in [-0.05, 0) is 85.5 Å². The fourth-order valence-corrected chi connectivity index (χ4v) is 5.61. The summed E-state index contributed by atoms with van der Waals surface area (Å²) in [6, 6.07) is 7.84. The molecule has 0 bridgehead atoms. The molecule has 6 nitrogen and oxygen atoms in total. The number of rotatable bonds is 6. The predicted octanol–water partition coefficient (Wildman–Crippen LogP) is 4.79. The minimum atomic E-state index is -0.351. The van der Waals surface area contributed by atoms with Gasteiger partial charge >= 0.3 is 0 Å². The van der Waals surface area contributed by atoms with Crippen LogP contribution in [0.3, 0.4) is 0 Å².